The van der Waals surface area contributed by atoms with Crippen molar-refractivity contribution in [1.82, 2.24) is 19.1 Å². The molecule has 0 spiro atoms. The second kappa shape index (κ2) is 7.66. The van der Waals surface area contributed by atoms with Crippen LogP contribution in [0.2, 0.25) is 0 Å². The van der Waals surface area contributed by atoms with Gasteiger partial charge in [-0.3, -0.25) is 19.1 Å². The van der Waals surface area contributed by atoms with Crippen LogP contribution in [0, 0.1) is 5.82 Å². The van der Waals surface area contributed by atoms with E-state index in [0.717, 1.165) is 0 Å². The number of nitrogens with zero attached hydrogens (tertiary/aromatic N) is 3. The number of para-hydroxylation sites is 2. The van der Waals surface area contributed by atoms with E-state index in [-0.39, 0.29) is 23.5 Å². The normalized spacial score (nSPS) is 10.9. The molecule has 2 N–H and O–H groups in total. The molecule has 0 aliphatic carbocycles. The van der Waals surface area contributed by atoms with Crippen LogP contribution in [0.15, 0.2) is 64.4 Å². The topological polar surface area (TPSA) is 111 Å². The highest BCUT2D eigenvalue weighted by atomic mass is 19.1. The Kier molecular flexibility index (Phi) is 4.88. The highest BCUT2D eigenvalue weighted by molar-refractivity contribution is 5.92. The summed E-state index contributed by atoms with van der Waals surface area (Å²) < 4.78 is 21.4. The molecule has 0 aliphatic heterocycles. The quantitative estimate of drug-likeness (QED) is 0.524. The summed E-state index contributed by atoms with van der Waals surface area (Å²) >= 11 is 0. The van der Waals surface area contributed by atoms with Gasteiger partial charge in [0.25, 0.3) is 5.56 Å². The molecule has 2 heterocycles. The highest BCUT2D eigenvalue weighted by Crippen LogP contribution is 2.29. The number of imidazole rings is 1. The van der Waals surface area contributed by atoms with Gasteiger partial charge < -0.3 is 14.6 Å². The number of hydrogen-bond acceptors (Lipinski definition) is 5. The van der Waals surface area contributed by atoms with Crippen LogP contribution in [-0.4, -0.2) is 25.0 Å². The average molecular weight is 409 g/mol. The van der Waals surface area contributed by atoms with Crippen LogP contribution in [0.5, 0.6) is 11.5 Å². The maximum atomic E-state index is 13.1. The SMILES string of the molecule is Cn1c(=O)[nH]c(=O)c2c1ncn2CC(=O)Nc1ccccc1Oc1ccc(F)cc1. The minimum atomic E-state index is -0.626. The predicted molar refractivity (Wildman–Crippen MR) is 107 cm³/mol. The number of anilines is 1. The van der Waals surface area contributed by atoms with Crippen molar-refractivity contribution in [2.75, 3.05) is 5.32 Å². The number of carbonyl (C=O) groups excluding carboxylic acids is 1. The first-order valence-corrected chi connectivity index (χ1v) is 8.89. The zero-order valence-corrected chi connectivity index (χ0v) is 15.8. The molecule has 2 aromatic carbocycles. The Labute approximate surface area is 168 Å². The molecule has 0 unspecified atom stereocenters. The van der Waals surface area contributed by atoms with E-state index in [2.05, 4.69) is 15.3 Å². The van der Waals surface area contributed by atoms with Crippen LogP contribution >= 0.6 is 0 Å². The third-order valence-corrected chi connectivity index (χ3v) is 4.39. The van der Waals surface area contributed by atoms with E-state index >= 15 is 0 Å². The Balaban J connectivity index is 1.56. The molecule has 30 heavy (non-hydrogen) atoms. The molecule has 152 valence electrons. The minimum absolute atomic E-state index is 0.114. The molecular weight excluding hydrogens is 393 g/mol. The molecule has 0 aliphatic rings. The molecule has 0 radical (unpaired) electrons. The molecule has 0 atom stereocenters. The highest BCUT2D eigenvalue weighted by Gasteiger charge is 2.15. The summed E-state index contributed by atoms with van der Waals surface area (Å²) in [5, 5.41) is 2.72. The van der Waals surface area contributed by atoms with Gasteiger partial charge in [0, 0.05) is 7.05 Å². The zero-order valence-electron chi connectivity index (χ0n) is 15.8. The fraction of sp³-hybridized carbons (Fsp3) is 0.100. The first-order valence-electron chi connectivity index (χ1n) is 8.89. The first kappa shape index (κ1) is 19.1. The number of halogens is 1. The van der Waals surface area contributed by atoms with Crippen LogP contribution in [0.3, 0.4) is 0 Å². The lowest BCUT2D eigenvalue weighted by Gasteiger charge is -2.12. The van der Waals surface area contributed by atoms with Crippen molar-refractivity contribution in [1.29, 1.82) is 0 Å². The van der Waals surface area contributed by atoms with Crippen molar-refractivity contribution in [3.63, 3.8) is 0 Å². The Hall–Kier alpha value is -4.21. The molecule has 4 rings (SSSR count). The number of rotatable bonds is 5. The molecule has 9 nitrogen and oxygen atoms in total. The monoisotopic (exact) mass is 409 g/mol. The maximum Gasteiger partial charge on any atom is 0.329 e. The number of benzene rings is 2. The summed E-state index contributed by atoms with van der Waals surface area (Å²) in [6.07, 6.45) is 1.32. The summed E-state index contributed by atoms with van der Waals surface area (Å²) in [7, 11) is 1.47. The summed E-state index contributed by atoms with van der Waals surface area (Å²) in [6.45, 7) is -0.206. The van der Waals surface area contributed by atoms with E-state index in [1.807, 2.05) is 0 Å². The number of aryl methyl sites for hydroxylation is 1. The van der Waals surface area contributed by atoms with Gasteiger partial charge in [-0.05, 0) is 36.4 Å². The first-order chi connectivity index (χ1) is 14.4. The molecule has 10 heteroatoms. The number of fused-ring (bicyclic) bond motifs is 1. The van der Waals surface area contributed by atoms with Crippen molar-refractivity contribution < 1.29 is 13.9 Å². The largest absolute Gasteiger partial charge is 0.455 e. The molecule has 2 aromatic heterocycles. The number of aromatic nitrogens is 4. The fourth-order valence-corrected chi connectivity index (χ4v) is 2.94. The van der Waals surface area contributed by atoms with Crippen LogP contribution in [0.1, 0.15) is 0 Å². The van der Waals surface area contributed by atoms with Gasteiger partial charge >= 0.3 is 5.69 Å². The second-order valence-electron chi connectivity index (χ2n) is 6.46. The van der Waals surface area contributed by atoms with Gasteiger partial charge in [0.05, 0.1) is 12.0 Å². The molecule has 0 saturated carbocycles. The Morgan fingerprint density at radius 3 is 2.67 bits per heavy atom. The van der Waals surface area contributed by atoms with Crippen molar-refractivity contribution in [2.24, 2.45) is 7.05 Å². The molecule has 1 amide bonds. The fourth-order valence-electron chi connectivity index (χ4n) is 2.94. The third kappa shape index (κ3) is 3.70. The summed E-state index contributed by atoms with van der Waals surface area (Å²) in [4.78, 5) is 42.6. The standard InChI is InChI=1S/C20H16FN5O4/c1-25-18-17(19(28)24-20(25)29)26(11-22-18)10-16(27)23-14-4-2-3-5-15(14)30-13-8-6-12(21)7-9-13/h2-9,11H,10H2,1H3,(H,23,27)(H,24,28,29). The number of aromatic amines is 1. The Bertz CT molecular complexity index is 1350. The summed E-state index contributed by atoms with van der Waals surface area (Å²) in [5.74, 6) is -0.0407. The summed E-state index contributed by atoms with van der Waals surface area (Å²) in [5.41, 5.74) is -0.523. The molecule has 0 bridgehead atoms. The van der Waals surface area contributed by atoms with Crippen LogP contribution in [0.25, 0.3) is 11.2 Å². The van der Waals surface area contributed by atoms with Gasteiger partial charge in [-0.25, -0.2) is 14.2 Å². The van der Waals surface area contributed by atoms with E-state index in [1.54, 1.807) is 24.3 Å². The lowest BCUT2D eigenvalue weighted by Crippen LogP contribution is -2.30. The lowest BCUT2D eigenvalue weighted by atomic mass is 10.2. The molecule has 0 saturated heterocycles. The number of nitrogens with one attached hydrogen (secondary N) is 2. The number of hydrogen-bond donors (Lipinski definition) is 2. The average Bonchev–Trinajstić information content (AvgIpc) is 3.13. The molecule has 4 aromatic rings. The van der Waals surface area contributed by atoms with E-state index in [4.69, 9.17) is 4.74 Å². The van der Waals surface area contributed by atoms with Crippen molar-refractivity contribution >= 4 is 22.8 Å². The maximum absolute atomic E-state index is 13.1. The minimum Gasteiger partial charge on any atom is -0.455 e. The van der Waals surface area contributed by atoms with Gasteiger partial charge in [0.15, 0.2) is 16.9 Å². The number of carbonyl (C=O) groups is 1. The molecule has 0 fully saturated rings. The second-order valence-corrected chi connectivity index (χ2v) is 6.46. The van der Waals surface area contributed by atoms with Crippen LogP contribution < -0.4 is 21.3 Å². The van der Waals surface area contributed by atoms with Gasteiger partial charge in [0.2, 0.25) is 5.91 Å². The smallest absolute Gasteiger partial charge is 0.329 e. The Morgan fingerprint density at radius 2 is 1.90 bits per heavy atom. The van der Waals surface area contributed by atoms with Gasteiger partial charge in [-0.2, -0.15) is 0 Å². The number of H-pyrrole nitrogens is 1. The third-order valence-electron chi connectivity index (χ3n) is 4.39. The zero-order chi connectivity index (χ0) is 21.3. The number of ether oxygens (including phenoxy) is 1. The van der Waals surface area contributed by atoms with Crippen LogP contribution in [0.4, 0.5) is 10.1 Å². The predicted octanol–water partition coefficient (Wildman–Crippen LogP) is 1.99. The van der Waals surface area contributed by atoms with E-state index in [1.165, 1.54) is 46.8 Å². The summed E-state index contributed by atoms with van der Waals surface area (Å²) in [6, 6.07) is 12.3. The van der Waals surface area contributed by atoms with E-state index < -0.39 is 17.2 Å². The van der Waals surface area contributed by atoms with Crippen LogP contribution in [-0.2, 0) is 18.4 Å². The molecular formula is C20H16FN5O4. The lowest BCUT2D eigenvalue weighted by molar-refractivity contribution is -0.116. The van der Waals surface area contributed by atoms with E-state index in [0.29, 0.717) is 17.2 Å². The van der Waals surface area contributed by atoms with Gasteiger partial charge in [0.1, 0.15) is 18.1 Å². The number of amides is 1. The van der Waals surface area contributed by atoms with Gasteiger partial charge in [-0.1, -0.05) is 12.1 Å². The van der Waals surface area contributed by atoms with Gasteiger partial charge in [-0.15, -0.1) is 0 Å². The Morgan fingerprint density at radius 1 is 1.17 bits per heavy atom. The van der Waals surface area contributed by atoms with Crippen molar-refractivity contribution in [2.45, 2.75) is 6.54 Å². The van der Waals surface area contributed by atoms with E-state index in [9.17, 15) is 18.8 Å². The van der Waals surface area contributed by atoms with Crippen molar-refractivity contribution in [3.05, 3.63) is 81.5 Å². The van der Waals surface area contributed by atoms with Crippen molar-refractivity contribution in [3.8, 4) is 11.5 Å².